The first-order valence-corrected chi connectivity index (χ1v) is 11.6. The second-order valence-electron chi connectivity index (χ2n) is 9.32. The van der Waals surface area contributed by atoms with Gasteiger partial charge in [0.25, 0.3) is 0 Å². The van der Waals surface area contributed by atoms with E-state index in [4.69, 9.17) is 15.0 Å². The molecule has 0 aliphatic carbocycles. The number of nitrogens with one attached hydrogen (secondary N) is 1. The van der Waals surface area contributed by atoms with Crippen molar-refractivity contribution in [3.05, 3.63) is 92.5 Å². The van der Waals surface area contributed by atoms with Crippen LogP contribution in [0.1, 0.15) is 54.4 Å². The number of fused-ring (bicyclic) bond motifs is 5. The van der Waals surface area contributed by atoms with Crippen LogP contribution in [0, 0.1) is 5.92 Å². The average Bonchev–Trinajstić information content (AvgIpc) is 3.49. The van der Waals surface area contributed by atoms with Crippen molar-refractivity contribution in [3.63, 3.8) is 0 Å². The molecule has 5 heteroatoms. The van der Waals surface area contributed by atoms with Gasteiger partial charge in [-0.1, -0.05) is 13.8 Å². The molecule has 0 aromatic heterocycles. The van der Waals surface area contributed by atoms with Crippen LogP contribution in [0.3, 0.4) is 0 Å². The van der Waals surface area contributed by atoms with Crippen molar-refractivity contribution in [2.24, 2.45) is 20.9 Å². The van der Waals surface area contributed by atoms with Gasteiger partial charge in [0, 0.05) is 22.9 Å². The molecule has 5 nitrogen and oxygen atoms in total. The molecule has 168 valence electrons. The predicted octanol–water partition coefficient (Wildman–Crippen LogP) is 6.31. The lowest BCUT2D eigenvalue weighted by Gasteiger charge is -2.07. The van der Waals surface area contributed by atoms with Crippen LogP contribution in [-0.4, -0.2) is 22.2 Å². The lowest BCUT2D eigenvalue weighted by molar-refractivity contribution is 0.471. The molecule has 5 aliphatic heterocycles. The summed E-state index contributed by atoms with van der Waals surface area (Å²) in [4.78, 5) is 14.8. The predicted molar refractivity (Wildman–Crippen MR) is 136 cm³/mol. The largest absolute Gasteiger partial charge is 0.515 e. The lowest BCUT2D eigenvalue weighted by atomic mass is 9.99. The number of nitrogens with zero attached hydrogens (tertiary/aromatic N) is 3. The topological polar surface area (TPSA) is 69.3 Å². The highest BCUT2D eigenvalue weighted by atomic mass is 16.2. The summed E-state index contributed by atoms with van der Waals surface area (Å²) in [5, 5.41) is 13.6. The van der Waals surface area contributed by atoms with Crippen LogP contribution >= 0.6 is 0 Å². The quantitative estimate of drug-likeness (QED) is 0.471. The molecule has 0 aromatic rings. The Bertz CT molecular complexity index is 1330. The molecule has 5 heterocycles. The summed E-state index contributed by atoms with van der Waals surface area (Å²) >= 11 is 0. The van der Waals surface area contributed by atoms with Crippen molar-refractivity contribution in [3.8, 4) is 0 Å². The van der Waals surface area contributed by atoms with Crippen molar-refractivity contribution in [1.29, 1.82) is 0 Å². The number of allylic oxidation sites excluding steroid dienone is 12. The minimum Gasteiger partial charge on any atom is -0.515 e. The van der Waals surface area contributed by atoms with E-state index in [1.807, 2.05) is 13.0 Å². The summed E-state index contributed by atoms with van der Waals surface area (Å²) in [6.07, 6.45) is 11.4. The van der Waals surface area contributed by atoms with Gasteiger partial charge >= 0.3 is 0 Å². The lowest BCUT2D eigenvalue weighted by Crippen LogP contribution is -2.09. The third-order valence-corrected chi connectivity index (χ3v) is 7.19. The van der Waals surface area contributed by atoms with E-state index >= 15 is 0 Å². The Labute approximate surface area is 195 Å². The highest BCUT2D eigenvalue weighted by Gasteiger charge is 2.28. The first-order chi connectivity index (χ1) is 15.8. The fraction of sp³-hybridized carbons (Fsp3) is 0.321. The number of aliphatic imine (C=N–C) groups is 3. The van der Waals surface area contributed by atoms with E-state index in [-0.39, 0.29) is 0 Å². The fourth-order valence-corrected chi connectivity index (χ4v) is 4.97. The van der Waals surface area contributed by atoms with Crippen LogP contribution in [0.2, 0.25) is 0 Å². The normalized spacial score (nSPS) is 25.7. The van der Waals surface area contributed by atoms with E-state index in [1.54, 1.807) is 0 Å². The highest BCUT2D eigenvalue weighted by Crippen LogP contribution is 2.36. The van der Waals surface area contributed by atoms with Gasteiger partial charge in [-0.25, -0.2) is 15.0 Å². The highest BCUT2D eigenvalue weighted by molar-refractivity contribution is 6.18. The maximum absolute atomic E-state index is 10.0. The van der Waals surface area contributed by atoms with Gasteiger partial charge in [-0.2, -0.15) is 0 Å². The van der Waals surface area contributed by atoms with Crippen LogP contribution in [0.4, 0.5) is 0 Å². The number of aliphatic hydroxyl groups excluding tert-OH is 1. The molecule has 0 unspecified atom stereocenters. The molecule has 0 radical (unpaired) electrons. The van der Waals surface area contributed by atoms with Crippen molar-refractivity contribution >= 4 is 17.1 Å². The summed E-state index contributed by atoms with van der Waals surface area (Å²) in [5.74, 6) is 0.353. The molecule has 0 saturated carbocycles. The second kappa shape index (κ2) is 7.84. The van der Waals surface area contributed by atoms with E-state index in [0.717, 1.165) is 81.3 Å². The Morgan fingerprint density at radius 1 is 0.909 bits per heavy atom. The van der Waals surface area contributed by atoms with Crippen molar-refractivity contribution in [2.75, 3.05) is 0 Å². The first-order valence-electron chi connectivity index (χ1n) is 11.6. The third-order valence-electron chi connectivity index (χ3n) is 7.19. The maximum Gasteiger partial charge on any atom is 0.0889 e. The molecular weight excluding hydrogens is 408 g/mol. The summed E-state index contributed by atoms with van der Waals surface area (Å²) in [5.41, 5.74) is 14.2. The van der Waals surface area contributed by atoms with Crippen LogP contribution < -0.4 is 5.32 Å². The Hall–Kier alpha value is -3.47. The Kier molecular flexibility index (Phi) is 5.08. The molecule has 8 bridgehead atoms. The minimum atomic E-state index is 0.353. The van der Waals surface area contributed by atoms with Crippen LogP contribution in [0.15, 0.2) is 107 Å². The molecule has 33 heavy (non-hydrogen) atoms. The van der Waals surface area contributed by atoms with Gasteiger partial charge in [0.2, 0.25) is 0 Å². The SMILES string of the molecule is CCC1=C(C)C2=CC3=NC(=C(C)C3=CO)C=C3NC(=C(C)C4=NC(=CC1=N2)C(C)=C4)C[C@@H]3C. The number of aliphatic hydroxyl groups is 1. The summed E-state index contributed by atoms with van der Waals surface area (Å²) in [6.45, 7) is 12.8. The molecule has 0 spiro atoms. The summed E-state index contributed by atoms with van der Waals surface area (Å²) < 4.78 is 0. The zero-order valence-corrected chi connectivity index (χ0v) is 20.2. The first kappa shape index (κ1) is 21.4. The van der Waals surface area contributed by atoms with E-state index in [0.29, 0.717) is 5.92 Å². The molecule has 2 N–H and O–H groups in total. The Morgan fingerprint density at radius 3 is 2.36 bits per heavy atom. The molecule has 0 amide bonds. The van der Waals surface area contributed by atoms with Crippen molar-refractivity contribution in [1.82, 2.24) is 5.32 Å². The standard InChI is InChI=1S/C28H30N4O/c1-7-19-16(4)26-12-28-20(13-33)17(5)25(32-28)10-21-14(2)8-23(29-21)18(6)24-9-15(3)22(30-24)11-27(19)31-26/h9-14,29,33H,7-8H2,1-6H3/t14-/m0/s1. The molecule has 1 atom stereocenters. The third kappa shape index (κ3) is 3.43. The van der Waals surface area contributed by atoms with Gasteiger partial charge in [-0.15, -0.1) is 0 Å². The van der Waals surface area contributed by atoms with Gasteiger partial charge < -0.3 is 10.4 Å². The van der Waals surface area contributed by atoms with Crippen LogP contribution in [0.25, 0.3) is 0 Å². The molecule has 1 fully saturated rings. The summed E-state index contributed by atoms with van der Waals surface area (Å²) in [6, 6.07) is 0. The fourth-order valence-electron chi connectivity index (χ4n) is 4.97. The number of hydrogen-bond acceptors (Lipinski definition) is 5. The minimum absolute atomic E-state index is 0.353. The maximum atomic E-state index is 10.0. The van der Waals surface area contributed by atoms with E-state index in [2.05, 4.69) is 58.2 Å². The van der Waals surface area contributed by atoms with Crippen LogP contribution in [-0.2, 0) is 0 Å². The van der Waals surface area contributed by atoms with Crippen LogP contribution in [0.5, 0.6) is 0 Å². The zero-order valence-electron chi connectivity index (χ0n) is 20.2. The van der Waals surface area contributed by atoms with Crippen molar-refractivity contribution < 1.29 is 5.11 Å². The summed E-state index contributed by atoms with van der Waals surface area (Å²) in [7, 11) is 0. The van der Waals surface area contributed by atoms with E-state index in [9.17, 15) is 5.11 Å². The van der Waals surface area contributed by atoms with Gasteiger partial charge in [0.1, 0.15) is 0 Å². The Morgan fingerprint density at radius 2 is 1.64 bits per heavy atom. The Balaban J connectivity index is 1.76. The van der Waals surface area contributed by atoms with Gasteiger partial charge in [0.05, 0.1) is 40.5 Å². The second-order valence-corrected chi connectivity index (χ2v) is 9.32. The monoisotopic (exact) mass is 438 g/mol. The van der Waals surface area contributed by atoms with Gasteiger partial charge in [-0.05, 0) is 92.7 Å². The number of hydrogen-bond donors (Lipinski definition) is 2. The molecule has 1 saturated heterocycles. The number of rotatable bonds is 1. The molecule has 5 rings (SSSR count). The van der Waals surface area contributed by atoms with Gasteiger partial charge in [0.15, 0.2) is 0 Å². The smallest absolute Gasteiger partial charge is 0.0889 e. The van der Waals surface area contributed by atoms with Crippen molar-refractivity contribution in [2.45, 2.75) is 54.4 Å². The zero-order chi connectivity index (χ0) is 23.4. The molecule has 0 aromatic carbocycles. The van der Waals surface area contributed by atoms with E-state index in [1.165, 1.54) is 16.8 Å². The van der Waals surface area contributed by atoms with Gasteiger partial charge in [-0.3, -0.25) is 0 Å². The average molecular weight is 439 g/mol. The molecule has 5 aliphatic rings. The molecular formula is C28H30N4O. The van der Waals surface area contributed by atoms with E-state index < -0.39 is 0 Å².